The number of hydrogen-bond donors (Lipinski definition) is 0. The molecule has 0 saturated carbocycles. The maximum atomic E-state index is 2.46. The normalized spacial score (nSPS) is 14.0. The molecule has 3 aliphatic rings. The minimum absolute atomic E-state index is 0.303. The molecule has 236 valence electrons. The molecule has 1 aromatic heterocycles. The van der Waals surface area contributed by atoms with Crippen LogP contribution in [-0.2, 0) is 11.8 Å². The average Bonchev–Trinajstić information content (AvgIpc) is 3.91. The Morgan fingerprint density at radius 1 is 0.392 bits per heavy atom. The van der Waals surface area contributed by atoms with Crippen molar-refractivity contribution in [2.24, 2.45) is 0 Å². The Hall–Kier alpha value is -6.44. The summed E-state index contributed by atoms with van der Waals surface area (Å²) in [4.78, 5) is 0. The first kappa shape index (κ1) is 27.4. The number of aromatic nitrogens is 1. The summed E-state index contributed by atoms with van der Waals surface area (Å²) in [6, 6.07) is 65.9. The Morgan fingerprint density at radius 3 is 1.78 bits per heavy atom. The number of hydrogen-bond acceptors (Lipinski definition) is 0. The van der Waals surface area contributed by atoms with E-state index in [9.17, 15) is 0 Å². The molecule has 0 bridgehead atoms. The molecule has 0 radical (unpaired) electrons. The highest BCUT2D eigenvalue weighted by Crippen LogP contribution is 2.64. The van der Waals surface area contributed by atoms with Crippen molar-refractivity contribution in [2.75, 3.05) is 0 Å². The lowest BCUT2D eigenvalue weighted by Gasteiger charge is -2.30. The van der Waals surface area contributed by atoms with Gasteiger partial charge < -0.3 is 4.57 Å². The molecule has 9 aromatic rings. The molecule has 0 N–H and O–H groups in total. The first-order valence-corrected chi connectivity index (χ1v) is 18.0. The molecule has 0 saturated heterocycles. The average molecular weight is 646 g/mol. The van der Waals surface area contributed by atoms with Crippen LogP contribution in [0.4, 0.5) is 0 Å². The van der Waals surface area contributed by atoms with E-state index in [0.29, 0.717) is 0 Å². The fourth-order valence-electron chi connectivity index (χ4n) is 10.1. The summed E-state index contributed by atoms with van der Waals surface area (Å²) in [5.74, 6) is 0. The highest BCUT2D eigenvalue weighted by atomic mass is 15.0. The molecule has 0 unspecified atom stereocenters. The number of rotatable bonds is 2. The highest BCUT2D eigenvalue weighted by Gasteiger charge is 2.52. The third-order valence-electron chi connectivity index (χ3n) is 12.1. The Bertz CT molecular complexity index is 2900. The van der Waals surface area contributed by atoms with Crippen LogP contribution in [0.15, 0.2) is 176 Å². The SMILES string of the molecule is c1ccc(-n2c3ccccc3c3cc(-c4ccc5c(c4)-c4ccc6c(c4C5)-c4ccccc4C64c5ccccc5-c5ccccc54)ccc32)cc1. The lowest BCUT2D eigenvalue weighted by atomic mass is 9.70. The Morgan fingerprint density at radius 2 is 1.00 bits per heavy atom. The van der Waals surface area contributed by atoms with Crippen LogP contribution >= 0.6 is 0 Å². The monoisotopic (exact) mass is 645 g/mol. The van der Waals surface area contributed by atoms with Gasteiger partial charge in [-0.25, -0.2) is 0 Å². The van der Waals surface area contributed by atoms with E-state index in [1.165, 1.54) is 105 Å². The first-order valence-electron chi connectivity index (χ1n) is 18.0. The van der Waals surface area contributed by atoms with Gasteiger partial charge in [-0.3, -0.25) is 0 Å². The van der Waals surface area contributed by atoms with Crippen LogP contribution in [0.1, 0.15) is 33.4 Å². The molecule has 0 amide bonds. The summed E-state index contributed by atoms with van der Waals surface area (Å²) >= 11 is 0. The maximum absolute atomic E-state index is 2.46. The van der Waals surface area contributed by atoms with Gasteiger partial charge in [0.1, 0.15) is 0 Å². The summed E-state index contributed by atoms with van der Waals surface area (Å²) in [7, 11) is 0. The first-order chi connectivity index (χ1) is 25.3. The zero-order valence-corrected chi connectivity index (χ0v) is 27.9. The third kappa shape index (κ3) is 3.41. The smallest absolute Gasteiger partial charge is 0.0725 e. The van der Waals surface area contributed by atoms with Crippen molar-refractivity contribution in [3.63, 3.8) is 0 Å². The lowest BCUT2D eigenvalue weighted by molar-refractivity contribution is 0.793. The van der Waals surface area contributed by atoms with Crippen molar-refractivity contribution in [1.82, 2.24) is 4.57 Å². The third-order valence-corrected chi connectivity index (χ3v) is 12.1. The van der Waals surface area contributed by atoms with Crippen molar-refractivity contribution in [2.45, 2.75) is 11.8 Å². The van der Waals surface area contributed by atoms with Gasteiger partial charge in [-0.1, -0.05) is 140 Å². The van der Waals surface area contributed by atoms with E-state index >= 15 is 0 Å². The molecule has 1 spiro atoms. The molecule has 8 aromatic carbocycles. The van der Waals surface area contributed by atoms with Crippen LogP contribution < -0.4 is 0 Å². The summed E-state index contributed by atoms with van der Waals surface area (Å²) in [5.41, 5.74) is 22.6. The lowest BCUT2D eigenvalue weighted by Crippen LogP contribution is -2.25. The van der Waals surface area contributed by atoms with Gasteiger partial charge in [0.25, 0.3) is 0 Å². The molecule has 1 heteroatoms. The number of benzene rings is 8. The second kappa shape index (κ2) is 9.84. The van der Waals surface area contributed by atoms with Crippen LogP contribution in [0.25, 0.3) is 72.0 Å². The van der Waals surface area contributed by atoms with Crippen molar-refractivity contribution in [3.05, 3.63) is 209 Å². The van der Waals surface area contributed by atoms with E-state index in [4.69, 9.17) is 0 Å². The predicted octanol–water partition coefficient (Wildman–Crippen LogP) is 12.4. The van der Waals surface area contributed by atoms with Crippen LogP contribution in [0.5, 0.6) is 0 Å². The minimum atomic E-state index is -0.303. The van der Waals surface area contributed by atoms with Crippen molar-refractivity contribution >= 4 is 21.8 Å². The van der Waals surface area contributed by atoms with Gasteiger partial charge in [0.2, 0.25) is 0 Å². The van der Waals surface area contributed by atoms with E-state index in [1.807, 2.05) is 0 Å². The second-order valence-corrected chi connectivity index (χ2v) is 14.4. The summed E-state index contributed by atoms with van der Waals surface area (Å²) in [5, 5.41) is 2.56. The van der Waals surface area contributed by atoms with Gasteiger partial charge in [-0.05, 0) is 121 Å². The van der Waals surface area contributed by atoms with Gasteiger partial charge in [-0.15, -0.1) is 0 Å². The molecule has 51 heavy (non-hydrogen) atoms. The van der Waals surface area contributed by atoms with E-state index in [1.54, 1.807) is 0 Å². The van der Waals surface area contributed by atoms with Gasteiger partial charge in [-0.2, -0.15) is 0 Å². The number of para-hydroxylation sites is 2. The van der Waals surface area contributed by atoms with E-state index < -0.39 is 0 Å². The van der Waals surface area contributed by atoms with Crippen LogP contribution in [0.2, 0.25) is 0 Å². The van der Waals surface area contributed by atoms with Crippen molar-refractivity contribution in [1.29, 1.82) is 0 Å². The van der Waals surface area contributed by atoms with Crippen molar-refractivity contribution in [3.8, 4) is 50.2 Å². The van der Waals surface area contributed by atoms with E-state index in [0.717, 1.165) is 6.42 Å². The highest BCUT2D eigenvalue weighted by molar-refractivity contribution is 6.10. The van der Waals surface area contributed by atoms with E-state index in [2.05, 4.69) is 180 Å². The minimum Gasteiger partial charge on any atom is -0.309 e. The van der Waals surface area contributed by atoms with Gasteiger partial charge in [0.05, 0.1) is 16.4 Å². The molecule has 1 heterocycles. The Kier molecular flexibility index (Phi) is 5.28. The molecule has 3 aliphatic carbocycles. The molecule has 12 rings (SSSR count). The molecule has 1 nitrogen and oxygen atoms in total. The Labute approximate surface area is 296 Å². The molecule has 0 fully saturated rings. The van der Waals surface area contributed by atoms with Crippen LogP contribution in [0.3, 0.4) is 0 Å². The number of nitrogens with zero attached hydrogens (tertiary/aromatic N) is 1. The second-order valence-electron chi connectivity index (χ2n) is 14.4. The van der Waals surface area contributed by atoms with Crippen LogP contribution in [0, 0.1) is 0 Å². The summed E-state index contributed by atoms with van der Waals surface area (Å²) < 4.78 is 2.39. The molecular weight excluding hydrogens is 615 g/mol. The van der Waals surface area contributed by atoms with Gasteiger partial charge in [0.15, 0.2) is 0 Å². The number of fused-ring (bicyclic) bond motifs is 17. The fraction of sp³-hybridized carbons (Fsp3) is 0.0400. The zero-order valence-electron chi connectivity index (χ0n) is 27.9. The summed E-state index contributed by atoms with van der Waals surface area (Å²) in [6.45, 7) is 0. The van der Waals surface area contributed by atoms with Crippen LogP contribution in [-0.4, -0.2) is 4.57 Å². The fourth-order valence-corrected chi connectivity index (χ4v) is 10.1. The topological polar surface area (TPSA) is 4.93 Å². The Balaban J connectivity index is 1.04. The maximum Gasteiger partial charge on any atom is 0.0725 e. The molecule has 0 aliphatic heterocycles. The molecular formula is C50H31N. The quantitative estimate of drug-likeness (QED) is 0.176. The summed E-state index contributed by atoms with van der Waals surface area (Å²) in [6.07, 6.45) is 0.950. The van der Waals surface area contributed by atoms with Gasteiger partial charge >= 0.3 is 0 Å². The standard InChI is InChI=1S/C50H31N/c1-2-12-34(13-3-1)51-47-21-11-7-16-38(47)41-29-32(24-27-48(41)51)31-22-23-33-30-42-35(40(33)28-31)25-26-46-49(42)39-17-6-10-20-45(39)50(46)43-18-8-4-14-36(43)37-15-5-9-19-44(37)50/h1-29H,30H2. The predicted molar refractivity (Wildman–Crippen MR) is 211 cm³/mol. The van der Waals surface area contributed by atoms with Crippen molar-refractivity contribution < 1.29 is 0 Å². The van der Waals surface area contributed by atoms with Gasteiger partial charge in [0, 0.05) is 16.5 Å². The zero-order chi connectivity index (χ0) is 33.3. The molecule has 0 atom stereocenters. The largest absolute Gasteiger partial charge is 0.309 e. The van der Waals surface area contributed by atoms with E-state index in [-0.39, 0.29) is 5.41 Å².